The van der Waals surface area contributed by atoms with Gasteiger partial charge >= 0.3 is 0 Å². The van der Waals surface area contributed by atoms with Crippen LogP contribution in [0.2, 0.25) is 0 Å². The van der Waals surface area contributed by atoms with E-state index >= 15 is 0 Å². The highest BCUT2D eigenvalue weighted by Gasteiger charge is 2.43. The second-order valence-electron chi connectivity index (χ2n) is 7.97. The molecule has 2 aromatic carbocycles. The lowest BCUT2D eigenvalue weighted by Crippen LogP contribution is -2.30. The number of allylic oxidation sites excluding steroid dienone is 2. The first kappa shape index (κ1) is 18.6. The number of Topliss-reactive ketones (excluding diaryl/α,β-unsaturated/α-hetero) is 1. The number of nitriles is 1. The second kappa shape index (κ2) is 6.39. The number of nitrogens with zero attached hydrogens (tertiary/aromatic N) is 1. The largest absolute Gasteiger partial charge is 0.394 e. The molecule has 0 amide bonds. The van der Waals surface area contributed by atoms with E-state index in [4.69, 9.17) is 5.11 Å². The highest BCUT2D eigenvalue weighted by atomic mass is 16.4. The first-order valence-electron chi connectivity index (χ1n) is 9.22. The average molecular weight is 375 g/mol. The van der Waals surface area contributed by atoms with Crippen LogP contribution < -0.4 is 0 Å². The Morgan fingerprint density at radius 1 is 1.14 bits per heavy atom. The molecule has 3 N–H and O–H groups in total. The molecule has 2 atom stereocenters. The number of aliphatic hydroxyl groups excluding tert-OH is 3. The standard InChI is InChI=1S/C23H21NO4/c1-23(2)17-8-13(21(27)19(26)11-25)4-6-16(17)22(28)20-15-5-3-12(10-24)7-14(15)9-18(20)23/h3-8,19,21,25-27H,9,11H2,1-2H3/t19-,21-/m1/s1. The van der Waals surface area contributed by atoms with E-state index in [-0.39, 0.29) is 5.78 Å². The maximum absolute atomic E-state index is 13.3. The molecule has 5 heteroatoms. The SMILES string of the molecule is CC1(C)C2=C(C(=O)c3ccc([C@@H](O)[C@H](O)CO)cc31)c1ccc(C#N)cc1C2. The van der Waals surface area contributed by atoms with Gasteiger partial charge in [0.1, 0.15) is 12.2 Å². The van der Waals surface area contributed by atoms with Crippen LogP contribution in [0.4, 0.5) is 0 Å². The van der Waals surface area contributed by atoms with Gasteiger partial charge in [-0.05, 0) is 46.4 Å². The highest BCUT2D eigenvalue weighted by Crippen LogP contribution is 2.50. The number of carbonyl (C=O) groups excluding carboxylic acids is 1. The van der Waals surface area contributed by atoms with E-state index in [1.54, 1.807) is 24.3 Å². The normalized spacial score (nSPS) is 18.8. The van der Waals surface area contributed by atoms with E-state index in [0.717, 1.165) is 22.3 Å². The van der Waals surface area contributed by atoms with Crippen LogP contribution in [0.3, 0.4) is 0 Å². The number of hydrogen-bond acceptors (Lipinski definition) is 5. The molecule has 0 saturated heterocycles. The third-order valence-corrected chi connectivity index (χ3v) is 6.01. The van der Waals surface area contributed by atoms with Gasteiger partial charge < -0.3 is 15.3 Å². The van der Waals surface area contributed by atoms with Crippen LogP contribution in [0.15, 0.2) is 42.0 Å². The fourth-order valence-corrected chi connectivity index (χ4v) is 4.37. The van der Waals surface area contributed by atoms with Gasteiger partial charge in [0.25, 0.3) is 0 Å². The van der Waals surface area contributed by atoms with Crippen LogP contribution in [0.25, 0.3) is 5.57 Å². The third kappa shape index (κ3) is 2.54. The monoisotopic (exact) mass is 375 g/mol. The zero-order chi connectivity index (χ0) is 20.2. The predicted molar refractivity (Wildman–Crippen MR) is 104 cm³/mol. The fourth-order valence-electron chi connectivity index (χ4n) is 4.37. The van der Waals surface area contributed by atoms with Crippen molar-refractivity contribution in [3.63, 3.8) is 0 Å². The predicted octanol–water partition coefficient (Wildman–Crippen LogP) is 2.43. The molecule has 0 aliphatic heterocycles. The third-order valence-electron chi connectivity index (χ3n) is 6.01. The maximum Gasteiger partial charge on any atom is 0.193 e. The van der Waals surface area contributed by atoms with Gasteiger partial charge in [-0.1, -0.05) is 38.1 Å². The summed E-state index contributed by atoms with van der Waals surface area (Å²) in [6.45, 7) is 3.54. The number of rotatable bonds is 3. The van der Waals surface area contributed by atoms with Gasteiger partial charge in [0.05, 0.1) is 18.2 Å². The van der Waals surface area contributed by atoms with Gasteiger partial charge in [-0.25, -0.2) is 0 Å². The number of ketones is 1. The van der Waals surface area contributed by atoms with Gasteiger partial charge in [0.15, 0.2) is 5.78 Å². The Balaban J connectivity index is 1.84. The second-order valence-corrected chi connectivity index (χ2v) is 7.97. The first-order valence-corrected chi connectivity index (χ1v) is 9.22. The molecule has 5 nitrogen and oxygen atoms in total. The minimum Gasteiger partial charge on any atom is -0.394 e. The summed E-state index contributed by atoms with van der Waals surface area (Å²) in [5.74, 6) is -0.0588. The van der Waals surface area contributed by atoms with Gasteiger partial charge in [-0.15, -0.1) is 0 Å². The number of hydrogen-bond donors (Lipinski definition) is 3. The topological polar surface area (TPSA) is 102 Å². The Bertz CT molecular complexity index is 1070. The lowest BCUT2D eigenvalue weighted by molar-refractivity contribution is -0.0153. The molecular formula is C23H21NO4. The Kier molecular flexibility index (Phi) is 4.24. The Hall–Kier alpha value is -2.78. The van der Waals surface area contributed by atoms with Crippen LogP contribution in [0, 0.1) is 11.3 Å². The Morgan fingerprint density at radius 2 is 1.86 bits per heavy atom. The van der Waals surface area contributed by atoms with Crippen molar-refractivity contribution < 1.29 is 20.1 Å². The molecule has 2 aromatic rings. The van der Waals surface area contributed by atoms with Crippen molar-refractivity contribution in [3.05, 3.63) is 75.4 Å². The summed E-state index contributed by atoms with van der Waals surface area (Å²) in [6, 6.07) is 12.6. The van der Waals surface area contributed by atoms with Crippen molar-refractivity contribution in [2.75, 3.05) is 6.61 Å². The van der Waals surface area contributed by atoms with Crippen molar-refractivity contribution in [1.82, 2.24) is 0 Å². The van der Waals surface area contributed by atoms with Gasteiger partial charge in [-0.2, -0.15) is 5.26 Å². The van der Waals surface area contributed by atoms with E-state index in [1.807, 2.05) is 26.0 Å². The molecule has 0 heterocycles. The van der Waals surface area contributed by atoms with Gasteiger partial charge in [-0.3, -0.25) is 4.79 Å². The van der Waals surface area contributed by atoms with Gasteiger partial charge in [0, 0.05) is 16.6 Å². The van der Waals surface area contributed by atoms with E-state index in [9.17, 15) is 20.3 Å². The summed E-state index contributed by atoms with van der Waals surface area (Å²) in [6.07, 6.45) is -1.91. The molecule has 0 fully saturated rings. The lowest BCUT2D eigenvalue weighted by atomic mass is 9.68. The van der Waals surface area contributed by atoms with Gasteiger partial charge in [0.2, 0.25) is 0 Å². The molecule has 0 aromatic heterocycles. The van der Waals surface area contributed by atoms with Crippen molar-refractivity contribution >= 4 is 11.4 Å². The quantitative estimate of drug-likeness (QED) is 0.765. The molecule has 2 aliphatic rings. The molecule has 4 rings (SSSR count). The molecule has 0 bridgehead atoms. The van der Waals surface area contributed by atoms with Crippen molar-refractivity contribution in [1.29, 1.82) is 5.26 Å². The summed E-state index contributed by atoms with van der Waals surface area (Å²) < 4.78 is 0. The smallest absolute Gasteiger partial charge is 0.193 e. The first-order chi connectivity index (χ1) is 13.3. The summed E-state index contributed by atoms with van der Waals surface area (Å²) in [5, 5.41) is 38.4. The summed E-state index contributed by atoms with van der Waals surface area (Å²) in [5.41, 5.74) is 5.54. The number of aliphatic hydroxyl groups is 3. The van der Waals surface area contributed by atoms with Crippen LogP contribution in [-0.4, -0.2) is 33.8 Å². The maximum atomic E-state index is 13.3. The van der Waals surface area contributed by atoms with Crippen molar-refractivity contribution in [2.24, 2.45) is 0 Å². The number of benzene rings is 2. The van der Waals surface area contributed by atoms with E-state index in [2.05, 4.69) is 6.07 Å². The summed E-state index contributed by atoms with van der Waals surface area (Å²) >= 11 is 0. The number of carbonyl (C=O) groups is 1. The van der Waals surface area contributed by atoms with E-state index < -0.39 is 24.2 Å². The molecular weight excluding hydrogens is 354 g/mol. The minimum absolute atomic E-state index is 0.0588. The summed E-state index contributed by atoms with van der Waals surface area (Å²) in [4.78, 5) is 13.3. The molecule has 0 saturated carbocycles. The van der Waals surface area contributed by atoms with Crippen LogP contribution in [0.1, 0.15) is 58.1 Å². The highest BCUT2D eigenvalue weighted by molar-refractivity contribution is 6.33. The molecule has 2 aliphatic carbocycles. The Labute approximate surface area is 163 Å². The minimum atomic E-state index is -1.28. The van der Waals surface area contributed by atoms with E-state index in [0.29, 0.717) is 28.7 Å². The zero-order valence-electron chi connectivity index (χ0n) is 15.7. The Morgan fingerprint density at radius 3 is 2.54 bits per heavy atom. The lowest BCUT2D eigenvalue weighted by Gasteiger charge is -2.35. The zero-order valence-corrected chi connectivity index (χ0v) is 15.7. The molecule has 0 unspecified atom stereocenters. The van der Waals surface area contributed by atoms with Crippen LogP contribution in [0.5, 0.6) is 0 Å². The van der Waals surface area contributed by atoms with E-state index in [1.165, 1.54) is 0 Å². The molecule has 0 spiro atoms. The van der Waals surface area contributed by atoms with Crippen LogP contribution in [-0.2, 0) is 11.8 Å². The molecule has 28 heavy (non-hydrogen) atoms. The number of fused-ring (bicyclic) bond motifs is 3. The van der Waals surface area contributed by atoms with Crippen molar-refractivity contribution in [2.45, 2.75) is 37.9 Å². The van der Waals surface area contributed by atoms with Crippen LogP contribution >= 0.6 is 0 Å². The fraction of sp³-hybridized carbons (Fsp3) is 0.304. The van der Waals surface area contributed by atoms with Crippen molar-refractivity contribution in [3.8, 4) is 6.07 Å². The molecule has 0 radical (unpaired) electrons. The summed E-state index contributed by atoms with van der Waals surface area (Å²) in [7, 11) is 0. The average Bonchev–Trinajstić information content (AvgIpc) is 3.10. The molecule has 142 valence electrons.